The third-order valence-corrected chi connectivity index (χ3v) is 5.79. The molecule has 0 bridgehead atoms. The number of nitrogens with zero attached hydrogens (tertiary/aromatic N) is 3. The number of hydrogen-bond donors (Lipinski definition) is 0. The first-order valence-electron chi connectivity index (χ1n) is 10.7. The van der Waals surface area contributed by atoms with Gasteiger partial charge in [0.1, 0.15) is 5.58 Å². The summed E-state index contributed by atoms with van der Waals surface area (Å²) in [5.74, 6) is 0.333. The van der Waals surface area contributed by atoms with E-state index >= 15 is 0 Å². The Morgan fingerprint density at radius 2 is 1.92 bits per heavy atom. The van der Waals surface area contributed by atoms with Gasteiger partial charge in [0.25, 0.3) is 5.56 Å². The quantitative estimate of drug-likeness (QED) is 0.161. The standard InChI is InChI=1S/C26H17Cl2N3O5/c1-14(32)35-24-19(28)9-15(10-22(24)34-2)13-29-31-25(30-20-6-4-3-5-18(20)26(31)33)23-12-16-11-17(27)7-8-21(16)36-23/h3-13H,1-2H3. The lowest BCUT2D eigenvalue weighted by Gasteiger charge is -2.11. The molecule has 0 amide bonds. The summed E-state index contributed by atoms with van der Waals surface area (Å²) in [6, 6.07) is 17.0. The van der Waals surface area contributed by atoms with Gasteiger partial charge in [-0.25, -0.2) is 4.98 Å². The van der Waals surface area contributed by atoms with Gasteiger partial charge in [0.05, 0.1) is 29.2 Å². The summed E-state index contributed by atoms with van der Waals surface area (Å²) >= 11 is 12.4. The fourth-order valence-electron chi connectivity index (χ4n) is 3.70. The molecule has 0 radical (unpaired) electrons. The molecule has 0 aliphatic heterocycles. The highest BCUT2D eigenvalue weighted by Gasteiger charge is 2.17. The van der Waals surface area contributed by atoms with Crippen LogP contribution in [0.15, 0.2) is 75.0 Å². The lowest BCUT2D eigenvalue weighted by Crippen LogP contribution is -2.20. The number of hydrogen-bond acceptors (Lipinski definition) is 7. The highest BCUT2D eigenvalue weighted by atomic mass is 35.5. The summed E-state index contributed by atoms with van der Waals surface area (Å²) in [6.07, 6.45) is 1.42. The second-order valence-electron chi connectivity index (χ2n) is 7.73. The van der Waals surface area contributed by atoms with Crippen LogP contribution in [0.3, 0.4) is 0 Å². The zero-order valence-electron chi connectivity index (χ0n) is 19.0. The molecular weight excluding hydrogens is 505 g/mol. The van der Waals surface area contributed by atoms with Gasteiger partial charge < -0.3 is 13.9 Å². The predicted molar refractivity (Wildman–Crippen MR) is 139 cm³/mol. The third-order valence-electron chi connectivity index (χ3n) is 5.27. The van der Waals surface area contributed by atoms with Crippen LogP contribution >= 0.6 is 23.2 Å². The average molecular weight is 522 g/mol. The molecule has 0 spiro atoms. The molecule has 0 atom stereocenters. The monoisotopic (exact) mass is 521 g/mol. The number of carbonyl (C=O) groups is 1. The van der Waals surface area contributed by atoms with Crippen LogP contribution in [0.5, 0.6) is 11.5 Å². The Morgan fingerprint density at radius 3 is 2.69 bits per heavy atom. The Kier molecular flexibility index (Phi) is 6.22. The van der Waals surface area contributed by atoms with Crippen molar-refractivity contribution in [2.45, 2.75) is 6.92 Å². The van der Waals surface area contributed by atoms with E-state index in [0.29, 0.717) is 32.8 Å². The number of methoxy groups -OCH3 is 1. The maximum Gasteiger partial charge on any atom is 0.308 e. The van der Waals surface area contributed by atoms with Gasteiger partial charge in [0, 0.05) is 17.3 Å². The molecular formula is C26H17Cl2N3O5. The Bertz CT molecular complexity index is 1740. The van der Waals surface area contributed by atoms with E-state index in [1.807, 2.05) is 0 Å². The Balaban J connectivity index is 1.67. The van der Waals surface area contributed by atoms with Gasteiger partial charge in [0.15, 0.2) is 17.3 Å². The summed E-state index contributed by atoms with van der Waals surface area (Å²) in [5.41, 5.74) is 1.19. The number of ether oxygens (including phenoxy) is 2. The van der Waals surface area contributed by atoms with Crippen LogP contribution in [-0.2, 0) is 4.79 Å². The number of fused-ring (bicyclic) bond motifs is 2. The molecule has 0 saturated heterocycles. The summed E-state index contributed by atoms with van der Waals surface area (Å²) in [6.45, 7) is 1.26. The molecule has 5 rings (SSSR count). The second kappa shape index (κ2) is 9.49. The lowest BCUT2D eigenvalue weighted by molar-refractivity contribution is -0.132. The van der Waals surface area contributed by atoms with Crippen molar-refractivity contribution in [2.75, 3.05) is 7.11 Å². The van der Waals surface area contributed by atoms with E-state index in [-0.39, 0.29) is 27.9 Å². The summed E-state index contributed by atoms with van der Waals surface area (Å²) in [4.78, 5) is 29.5. The first kappa shape index (κ1) is 23.6. The number of para-hydroxylation sites is 1. The van der Waals surface area contributed by atoms with E-state index in [1.54, 1.807) is 54.6 Å². The van der Waals surface area contributed by atoms with E-state index in [9.17, 15) is 9.59 Å². The first-order chi connectivity index (χ1) is 17.3. The third kappa shape index (κ3) is 4.44. The normalized spacial score (nSPS) is 11.4. The van der Waals surface area contributed by atoms with Gasteiger partial charge in [-0.1, -0.05) is 35.3 Å². The number of furan rings is 1. The summed E-state index contributed by atoms with van der Waals surface area (Å²) < 4.78 is 17.6. The van der Waals surface area contributed by atoms with E-state index in [4.69, 9.17) is 37.1 Å². The largest absolute Gasteiger partial charge is 0.493 e. The van der Waals surface area contributed by atoms with Crippen LogP contribution in [0.25, 0.3) is 33.5 Å². The van der Waals surface area contributed by atoms with Crippen LogP contribution in [0.1, 0.15) is 12.5 Å². The highest BCUT2D eigenvalue weighted by Crippen LogP contribution is 2.36. The first-order valence-corrected chi connectivity index (χ1v) is 11.4. The van der Waals surface area contributed by atoms with Crippen LogP contribution in [-0.4, -0.2) is 29.0 Å². The van der Waals surface area contributed by atoms with Crippen molar-refractivity contribution in [3.63, 3.8) is 0 Å². The minimum atomic E-state index is -0.540. The van der Waals surface area contributed by atoms with E-state index < -0.39 is 5.97 Å². The summed E-state index contributed by atoms with van der Waals surface area (Å²) in [5, 5.41) is 6.25. The van der Waals surface area contributed by atoms with Gasteiger partial charge >= 0.3 is 5.97 Å². The van der Waals surface area contributed by atoms with Crippen LogP contribution in [0.4, 0.5) is 0 Å². The molecule has 8 nitrogen and oxygen atoms in total. The maximum atomic E-state index is 13.4. The second-order valence-corrected chi connectivity index (χ2v) is 8.58. The number of carbonyl (C=O) groups excluding carboxylic acids is 1. The number of rotatable bonds is 5. The average Bonchev–Trinajstić information content (AvgIpc) is 3.27. The van der Waals surface area contributed by atoms with Crippen LogP contribution in [0, 0.1) is 0 Å². The molecule has 0 aliphatic rings. The van der Waals surface area contributed by atoms with Gasteiger partial charge in [-0.3, -0.25) is 9.59 Å². The Labute approximate surface area is 214 Å². The molecule has 0 fully saturated rings. The van der Waals surface area contributed by atoms with Crippen molar-refractivity contribution in [3.05, 3.63) is 86.6 Å². The molecule has 5 aromatic rings. The zero-order chi connectivity index (χ0) is 25.4. The van der Waals surface area contributed by atoms with Crippen molar-refractivity contribution >= 4 is 57.3 Å². The molecule has 0 saturated carbocycles. The predicted octanol–water partition coefficient (Wildman–Crippen LogP) is 5.93. The van der Waals surface area contributed by atoms with Crippen molar-refractivity contribution in [3.8, 4) is 23.1 Å². The minimum Gasteiger partial charge on any atom is -0.493 e. The Morgan fingerprint density at radius 1 is 1.11 bits per heavy atom. The molecule has 2 aromatic heterocycles. The van der Waals surface area contributed by atoms with Gasteiger partial charge in [0.2, 0.25) is 5.82 Å². The molecule has 2 heterocycles. The molecule has 180 valence electrons. The zero-order valence-corrected chi connectivity index (χ0v) is 20.5. The molecule has 0 aliphatic carbocycles. The van der Waals surface area contributed by atoms with E-state index in [2.05, 4.69) is 10.1 Å². The molecule has 0 N–H and O–H groups in total. The fourth-order valence-corrected chi connectivity index (χ4v) is 4.13. The number of aromatic nitrogens is 2. The molecule has 0 unspecified atom stereocenters. The molecule has 36 heavy (non-hydrogen) atoms. The van der Waals surface area contributed by atoms with Crippen molar-refractivity contribution in [2.24, 2.45) is 5.10 Å². The van der Waals surface area contributed by atoms with E-state index in [1.165, 1.54) is 26.3 Å². The van der Waals surface area contributed by atoms with E-state index in [0.717, 1.165) is 10.1 Å². The number of esters is 1. The minimum absolute atomic E-state index is 0.0926. The molecule has 10 heteroatoms. The van der Waals surface area contributed by atoms with Crippen molar-refractivity contribution < 1.29 is 18.7 Å². The van der Waals surface area contributed by atoms with Gasteiger partial charge in [-0.2, -0.15) is 9.78 Å². The Hall–Kier alpha value is -4.14. The van der Waals surface area contributed by atoms with Crippen molar-refractivity contribution in [1.82, 2.24) is 9.66 Å². The maximum absolute atomic E-state index is 13.4. The lowest BCUT2D eigenvalue weighted by atomic mass is 10.2. The van der Waals surface area contributed by atoms with Crippen molar-refractivity contribution in [1.29, 1.82) is 0 Å². The SMILES string of the molecule is COc1cc(C=Nn2c(-c3cc4cc(Cl)ccc4o3)nc3ccccc3c2=O)cc(Cl)c1OC(C)=O. The fraction of sp³-hybridized carbons (Fsp3) is 0.0769. The number of halogens is 2. The van der Waals surface area contributed by atoms with Crippen LogP contribution < -0.4 is 15.0 Å². The number of benzene rings is 3. The van der Waals surface area contributed by atoms with Crippen LogP contribution in [0.2, 0.25) is 10.0 Å². The smallest absolute Gasteiger partial charge is 0.308 e. The molecule has 3 aromatic carbocycles. The topological polar surface area (TPSA) is 95.9 Å². The van der Waals surface area contributed by atoms with Gasteiger partial charge in [-0.05, 0) is 54.1 Å². The highest BCUT2D eigenvalue weighted by molar-refractivity contribution is 6.32. The van der Waals surface area contributed by atoms with Gasteiger partial charge in [-0.15, -0.1) is 0 Å². The summed E-state index contributed by atoms with van der Waals surface area (Å²) in [7, 11) is 1.42.